The highest BCUT2D eigenvalue weighted by Crippen LogP contribution is 2.67. The standard InChI is InChI=1S/C35H61NO7/c1-21(2)8-7-9-22(3)26-12-13-27-25-11-10-23-18-24(14-16-34(23,4)28(25)15-17-35(26,27)5)43-33(42)36(6)19-29(38)31(40)32(41)30(39)20-37/h10,21-22,24-32,37-41H,7-9,11-20H2,1-6H3/t22-,24?,25?,26-,27?,28?,29+,30-,31-,32-,34+,35-/m1/s1. The first kappa shape index (κ1) is 34.7. The second-order valence-electron chi connectivity index (χ2n) is 15.7. The highest BCUT2D eigenvalue weighted by molar-refractivity contribution is 5.67. The SMILES string of the molecule is CC(C)CCC[C@@H](C)[C@H]1CCC2C3CC=C4CC(OC(=O)N(C)C[C@H](O)[C@@H](O)[C@H](O)[C@H](O)CO)CC[C@]4(C)C3CC[C@@]21C. The van der Waals surface area contributed by atoms with E-state index in [-0.39, 0.29) is 18.1 Å². The Morgan fingerprint density at radius 3 is 2.35 bits per heavy atom. The first-order valence-electron chi connectivity index (χ1n) is 17.2. The minimum absolute atomic E-state index is 0.157. The molecule has 43 heavy (non-hydrogen) atoms. The highest BCUT2D eigenvalue weighted by Gasteiger charge is 2.59. The molecule has 0 radical (unpaired) electrons. The number of allylic oxidation sites excluding steroid dienone is 1. The Morgan fingerprint density at radius 2 is 1.67 bits per heavy atom. The average molecular weight is 608 g/mol. The number of aliphatic hydroxyl groups excluding tert-OH is 5. The van der Waals surface area contributed by atoms with Gasteiger partial charge in [-0.25, -0.2) is 4.79 Å². The Bertz CT molecular complexity index is 972. The normalized spacial score (nSPS) is 37.3. The summed E-state index contributed by atoms with van der Waals surface area (Å²) in [6.07, 6.45) is 8.29. The molecule has 0 spiro atoms. The molecule has 12 atom stereocenters. The quantitative estimate of drug-likeness (QED) is 0.200. The number of aliphatic hydroxyl groups is 5. The van der Waals surface area contributed by atoms with Crippen LogP contribution in [0.3, 0.4) is 0 Å². The van der Waals surface area contributed by atoms with Gasteiger partial charge in [-0.3, -0.25) is 0 Å². The summed E-state index contributed by atoms with van der Waals surface area (Å²) >= 11 is 0. The van der Waals surface area contributed by atoms with Crippen LogP contribution >= 0.6 is 0 Å². The van der Waals surface area contributed by atoms with Crippen molar-refractivity contribution in [2.45, 2.75) is 136 Å². The van der Waals surface area contributed by atoms with E-state index in [0.717, 1.165) is 55.3 Å². The van der Waals surface area contributed by atoms with Crippen LogP contribution in [0.15, 0.2) is 11.6 Å². The number of carbonyl (C=O) groups is 1. The number of ether oxygens (including phenoxy) is 1. The van der Waals surface area contributed by atoms with Gasteiger partial charge in [0.2, 0.25) is 0 Å². The topological polar surface area (TPSA) is 131 Å². The Labute approximate surface area is 259 Å². The maximum absolute atomic E-state index is 12.9. The van der Waals surface area contributed by atoms with E-state index >= 15 is 0 Å². The molecule has 4 unspecified atom stereocenters. The van der Waals surface area contributed by atoms with Gasteiger partial charge in [0.1, 0.15) is 30.5 Å². The zero-order chi connectivity index (χ0) is 31.7. The van der Waals surface area contributed by atoms with E-state index in [1.165, 1.54) is 62.5 Å². The number of hydrogen-bond donors (Lipinski definition) is 5. The van der Waals surface area contributed by atoms with Crippen molar-refractivity contribution < 1.29 is 35.1 Å². The molecule has 3 saturated carbocycles. The second kappa shape index (κ2) is 14.1. The van der Waals surface area contributed by atoms with Gasteiger partial charge in [-0.1, -0.05) is 65.5 Å². The molecule has 0 aliphatic heterocycles. The molecule has 4 aliphatic rings. The summed E-state index contributed by atoms with van der Waals surface area (Å²) in [4.78, 5) is 14.1. The van der Waals surface area contributed by atoms with E-state index in [1.54, 1.807) is 0 Å². The van der Waals surface area contributed by atoms with Gasteiger partial charge < -0.3 is 35.2 Å². The van der Waals surface area contributed by atoms with Gasteiger partial charge in [0.05, 0.1) is 13.2 Å². The third-order valence-corrected chi connectivity index (χ3v) is 12.6. The van der Waals surface area contributed by atoms with Gasteiger partial charge in [0.15, 0.2) is 0 Å². The molecular formula is C35H61NO7. The highest BCUT2D eigenvalue weighted by atomic mass is 16.6. The molecule has 3 fully saturated rings. The van der Waals surface area contributed by atoms with E-state index < -0.39 is 37.1 Å². The van der Waals surface area contributed by atoms with Crippen LogP contribution in [0.5, 0.6) is 0 Å². The lowest BCUT2D eigenvalue weighted by molar-refractivity contribution is -0.118. The Kier molecular flexibility index (Phi) is 11.3. The molecule has 4 rings (SSSR count). The van der Waals surface area contributed by atoms with E-state index in [9.17, 15) is 25.2 Å². The van der Waals surface area contributed by atoms with E-state index in [4.69, 9.17) is 9.84 Å². The third-order valence-electron chi connectivity index (χ3n) is 12.6. The molecule has 5 N–H and O–H groups in total. The summed E-state index contributed by atoms with van der Waals surface area (Å²) in [5.41, 5.74) is 2.06. The predicted octanol–water partition coefficient (Wildman–Crippen LogP) is 4.90. The zero-order valence-corrected chi connectivity index (χ0v) is 27.6. The molecule has 0 aromatic carbocycles. The fourth-order valence-electron chi connectivity index (χ4n) is 10.0. The maximum atomic E-state index is 12.9. The molecule has 4 aliphatic carbocycles. The minimum Gasteiger partial charge on any atom is -0.446 e. The third kappa shape index (κ3) is 7.14. The average Bonchev–Trinajstić information content (AvgIpc) is 3.33. The predicted molar refractivity (Wildman–Crippen MR) is 167 cm³/mol. The van der Waals surface area contributed by atoms with Crippen molar-refractivity contribution in [1.82, 2.24) is 4.90 Å². The lowest BCUT2D eigenvalue weighted by Crippen LogP contribution is -2.51. The molecular weight excluding hydrogens is 546 g/mol. The lowest BCUT2D eigenvalue weighted by Gasteiger charge is -2.58. The van der Waals surface area contributed by atoms with Crippen molar-refractivity contribution in [3.8, 4) is 0 Å². The maximum Gasteiger partial charge on any atom is 0.409 e. The molecule has 248 valence electrons. The number of rotatable bonds is 12. The minimum atomic E-state index is -1.73. The Balaban J connectivity index is 1.34. The fraction of sp³-hybridized carbons (Fsp3) is 0.914. The molecule has 0 bridgehead atoms. The number of hydrogen-bond acceptors (Lipinski definition) is 7. The Hall–Kier alpha value is -1.19. The van der Waals surface area contributed by atoms with Gasteiger partial charge >= 0.3 is 6.09 Å². The summed E-state index contributed by atoms with van der Waals surface area (Å²) in [5, 5.41) is 48.8. The van der Waals surface area contributed by atoms with Crippen molar-refractivity contribution in [2.75, 3.05) is 20.2 Å². The summed E-state index contributed by atoms with van der Waals surface area (Å²) in [6, 6.07) is 0. The smallest absolute Gasteiger partial charge is 0.409 e. The van der Waals surface area contributed by atoms with Gasteiger partial charge in [0.25, 0.3) is 0 Å². The monoisotopic (exact) mass is 607 g/mol. The van der Waals surface area contributed by atoms with Crippen LogP contribution in [-0.2, 0) is 4.74 Å². The second-order valence-corrected chi connectivity index (χ2v) is 15.7. The number of likely N-dealkylation sites (N-methyl/N-ethyl adjacent to an activating group) is 1. The van der Waals surface area contributed by atoms with E-state index in [1.807, 2.05) is 0 Å². The number of fused-ring (bicyclic) bond motifs is 5. The van der Waals surface area contributed by atoms with Gasteiger partial charge in [-0.15, -0.1) is 0 Å². The number of carbonyl (C=O) groups excluding carboxylic acids is 1. The molecule has 0 aromatic rings. The Morgan fingerprint density at radius 1 is 0.977 bits per heavy atom. The summed E-state index contributed by atoms with van der Waals surface area (Å²) < 4.78 is 5.87. The zero-order valence-electron chi connectivity index (χ0n) is 27.6. The molecule has 0 aromatic heterocycles. The first-order valence-corrected chi connectivity index (χ1v) is 17.2. The summed E-state index contributed by atoms with van der Waals surface area (Å²) in [5.74, 6) is 4.69. The van der Waals surface area contributed by atoms with Crippen LogP contribution in [0.2, 0.25) is 0 Å². The summed E-state index contributed by atoms with van der Waals surface area (Å²) in [6.45, 7) is 11.3. The van der Waals surface area contributed by atoms with E-state index in [2.05, 4.69) is 40.7 Å². The van der Waals surface area contributed by atoms with Gasteiger partial charge in [-0.2, -0.15) is 0 Å². The molecule has 8 heteroatoms. The molecule has 8 nitrogen and oxygen atoms in total. The number of amides is 1. The largest absolute Gasteiger partial charge is 0.446 e. The van der Waals surface area contributed by atoms with Crippen molar-refractivity contribution in [3.05, 3.63) is 11.6 Å². The van der Waals surface area contributed by atoms with Crippen LogP contribution in [0.4, 0.5) is 4.79 Å². The van der Waals surface area contributed by atoms with Crippen LogP contribution < -0.4 is 0 Å². The molecule has 0 saturated heterocycles. The number of nitrogens with zero attached hydrogens (tertiary/aromatic N) is 1. The molecule has 1 amide bonds. The van der Waals surface area contributed by atoms with Gasteiger partial charge in [-0.05, 0) is 91.3 Å². The van der Waals surface area contributed by atoms with Crippen molar-refractivity contribution in [1.29, 1.82) is 0 Å². The fourth-order valence-corrected chi connectivity index (χ4v) is 10.0. The van der Waals surface area contributed by atoms with Crippen LogP contribution in [0, 0.1) is 46.3 Å². The van der Waals surface area contributed by atoms with Gasteiger partial charge in [0, 0.05) is 13.5 Å². The van der Waals surface area contributed by atoms with Crippen LogP contribution in [-0.4, -0.2) is 87.2 Å². The summed E-state index contributed by atoms with van der Waals surface area (Å²) in [7, 11) is 1.48. The van der Waals surface area contributed by atoms with Crippen molar-refractivity contribution >= 4 is 6.09 Å². The van der Waals surface area contributed by atoms with Crippen LogP contribution in [0.1, 0.15) is 105 Å². The van der Waals surface area contributed by atoms with Crippen molar-refractivity contribution in [2.24, 2.45) is 46.3 Å². The van der Waals surface area contributed by atoms with Crippen molar-refractivity contribution in [3.63, 3.8) is 0 Å². The van der Waals surface area contributed by atoms with E-state index in [0.29, 0.717) is 11.3 Å². The lowest BCUT2D eigenvalue weighted by atomic mass is 9.47. The first-order chi connectivity index (χ1) is 20.2. The van der Waals surface area contributed by atoms with Crippen LogP contribution in [0.25, 0.3) is 0 Å². The molecule has 0 heterocycles.